The van der Waals surface area contributed by atoms with Crippen LogP contribution in [0.1, 0.15) is 47.0 Å². The van der Waals surface area contributed by atoms with Crippen LogP contribution in [0.4, 0.5) is 5.82 Å². The number of fused-ring (bicyclic) bond motifs is 1. The van der Waals surface area contributed by atoms with Gasteiger partial charge in [-0.05, 0) is 43.0 Å². The molecule has 0 fully saturated rings. The molecule has 0 aliphatic carbocycles. The van der Waals surface area contributed by atoms with Crippen LogP contribution >= 0.6 is 0 Å². The van der Waals surface area contributed by atoms with E-state index in [4.69, 9.17) is 9.40 Å². The fraction of sp³-hybridized carbons (Fsp3) is 0.545. The van der Waals surface area contributed by atoms with Crippen LogP contribution < -0.4 is 5.32 Å². The van der Waals surface area contributed by atoms with Gasteiger partial charge in [0.25, 0.3) is 5.91 Å². The molecule has 2 aromatic rings. The zero-order valence-electron chi connectivity index (χ0n) is 17.7. The summed E-state index contributed by atoms with van der Waals surface area (Å²) in [5.41, 5.74) is 2.94. The minimum absolute atomic E-state index is 0.00581. The van der Waals surface area contributed by atoms with E-state index in [0.717, 1.165) is 56.2 Å². The zero-order chi connectivity index (χ0) is 20.3. The molecule has 0 unspecified atom stereocenters. The molecule has 0 bridgehead atoms. The second-order valence-corrected chi connectivity index (χ2v) is 8.25. The molecule has 1 amide bonds. The summed E-state index contributed by atoms with van der Waals surface area (Å²) in [6.07, 6.45) is 1.77. The van der Waals surface area contributed by atoms with Gasteiger partial charge in [0.2, 0.25) is 0 Å². The van der Waals surface area contributed by atoms with Crippen molar-refractivity contribution in [2.45, 2.75) is 40.2 Å². The summed E-state index contributed by atoms with van der Waals surface area (Å²) < 4.78 is 5.74. The Morgan fingerprint density at radius 1 is 1.29 bits per heavy atom. The molecule has 0 aromatic carbocycles. The highest BCUT2D eigenvalue weighted by Crippen LogP contribution is 2.24. The number of aromatic nitrogens is 1. The highest BCUT2D eigenvalue weighted by Gasteiger charge is 2.22. The number of aryl methyl sites for hydroxylation is 1. The Kier molecular flexibility index (Phi) is 6.39. The van der Waals surface area contributed by atoms with Crippen LogP contribution in [-0.2, 0) is 19.4 Å². The van der Waals surface area contributed by atoms with Crippen molar-refractivity contribution in [1.29, 1.82) is 0 Å². The van der Waals surface area contributed by atoms with Gasteiger partial charge in [-0.1, -0.05) is 13.8 Å². The molecule has 1 N–H and O–H groups in total. The Labute approximate surface area is 167 Å². The van der Waals surface area contributed by atoms with Gasteiger partial charge >= 0.3 is 0 Å². The van der Waals surface area contributed by atoms with Crippen molar-refractivity contribution in [2.24, 2.45) is 5.92 Å². The number of rotatable bonds is 6. The number of hydrogen-bond donors (Lipinski definition) is 1. The smallest absolute Gasteiger partial charge is 0.257 e. The average molecular weight is 385 g/mol. The Morgan fingerprint density at radius 3 is 2.68 bits per heavy atom. The molecule has 3 heterocycles. The van der Waals surface area contributed by atoms with Crippen LogP contribution in [0, 0.1) is 12.8 Å². The number of nitrogens with zero attached hydrogens (tertiary/aromatic N) is 3. The van der Waals surface area contributed by atoms with E-state index in [9.17, 15) is 4.79 Å². The molecule has 6 nitrogen and oxygen atoms in total. The van der Waals surface area contributed by atoms with Crippen molar-refractivity contribution in [2.75, 3.05) is 39.0 Å². The molecule has 3 rings (SSSR count). The van der Waals surface area contributed by atoms with Gasteiger partial charge in [0.1, 0.15) is 17.3 Å². The van der Waals surface area contributed by atoms with E-state index >= 15 is 0 Å². The van der Waals surface area contributed by atoms with Gasteiger partial charge in [-0.25, -0.2) is 4.98 Å². The van der Waals surface area contributed by atoms with Gasteiger partial charge in [-0.15, -0.1) is 0 Å². The topological polar surface area (TPSA) is 61.6 Å². The summed E-state index contributed by atoms with van der Waals surface area (Å²) in [7, 11) is 3.57. The molecule has 0 radical (unpaired) electrons. The molecule has 0 saturated heterocycles. The number of nitrogens with one attached hydrogen (secondary N) is 1. The van der Waals surface area contributed by atoms with Gasteiger partial charge in [0, 0.05) is 45.8 Å². The van der Waals surface area contributed by atoms with E-state index in [-0.39, 0.29) is 5.91 Å². The summed E-state index contributed by atoms with van der Waals surface area (Å²) in [5, 5.41) is 3.39. The summed E-state index contributed by atoms with van der Waals surface area (Å²) >= 11 is 0. The highest BCUT2D eigenvalue weighted by atomic mass is 16.3. The van der Waals surface area contributed by atoms with E-state index in [1.165, 1.54) is 5.56 Å². The monoisotopic (exact) mass is 384 g/mol. The first-order valence-corrected chi connectivity index (χ1v) is 10.1. The van der Waals surface area contributed by atoms with Crippen LogP contribution in [-0.4, -0.2) is 54.4 Å². The first-order chi connectivity index (χ1) is 13.3. The Morgan fingerprint density at radius 2 is 2.04 bits per heavy atom. The largest absolute Gasteiger partial charge is 0.465 e. The highest BCUT2D eigenvalue weighted by molar-refractivity contribution is 5.98. The second kappa shape index (κ2) is 8.78. The lowest BCUT2D eigenvalue weighted by Crippen LogP contribution is -2.25. The Balaban J connectivity index is 1.81. The number of furan rings is 1. The second-order valence-electron chi connectivity index (χ2n) is 8.25. The fourth-order valence-electron chi connectivity index (χ4n) is 3.47. The first kappa shape index (κ1) is 20.4. The van der Waals surface area contributed by atoms with E-state index in [1.807, 2.05) is 25.1 Å². The van der Waals surface area contributed by atoms with Gasteiger partial charge in [-0.3, -0.25) is 9.69 Å². The normalized spacial score (nSPS) is 14.6. The van der Waals surface area contributed by atoms with Crippen molar-refractivity contribution < 1.29 is 9.21 Å². The quantitative estimate of drug-likeness (QED) is 0.828. The number of pyridine rings is 1. The molecule has 1 aliphatic rings. The maximum absolute atomic E-state index is 12.7. The van der Waals surface area contributed by atoms with Crippen molar-refractivity contribution in [3.63, 3.8) is 0 Å². The molecule has 1 aliphatic heterocycles. The van der Waals surface area contributed by atoms with Gasteiger partial charge in [0.15, 0.2) is 0 Å². The minimum Gasteiger partial charge on any atom is -0.465 e. The Hall–Kier alpha value is -2.34. The lowest BCUT2D eigenvalue weighted by Gasteiger charge is -2.18. The third-order valence-electron chi connectivity index (χ3n) is 5.04. The van der Waals surface area contributed by atoms with Gasteiger partial charge < -0.3 is 14.6 Å². The first-order valence-electron chi connectivity index (χ1n) is 10.1. The Bertz CT molecular complexity index is 826. The number of anilines is 1. The zero-order valence-corrected chi connectivity index (χ0v) is 17.7. The van der Waals surface area contributed by atoms with Crippen LogP contribution in [0.2, 0.25) is 0 Å². The van der Waals surface area contributed by atoms with E-state index in [1.54, 1.807) is 19.0 Å². The van der Waals surface area contributed by atoms with Crippen LogP contribution in [0.25, 0.3) is 0 Å². The number of amides is 1. The van der Waals surface area contributed by atoms with Crippen LogP contribution in [0.15, 0.2) is 22.6 Å². The minimum atomic E-state index is -0.00581. The van der Waals surface area contributed by atoms with Crippen molar-refractivity contribution in [3.8, 4) is 0 Å². The molecule has 152 valence electrons. The molecular weight excluding hydrogens is 352 g/mol. The predicted molar refractivity (Wildman–Crippen MR) is 112 cm³/mol. The van der Waals surface area contributed by atoms with Crippen molar-refractivity contribution >= 4 is 11.7 Å². The third kappa shape index (κ3) is 4.93. The summed E-state index contributed by atoms with van der Waals surface area (Å²) in [6, 6.07) is 6.11. The van der Waals surface area contributed by atoms with Gasteiger partial charge in [-0.2, -0.15) is 0 Å². The summed E-state index contributed by atoms with van der Waals surface area (Å²) in [5.74, 6) is 3.13. The van der Waals surface area contributed by atoms with Crippen LogP contribution in [0.3, 0.4) is 0 Å². The number of carbonyl (C=O) groups excluding carboxylic acids is 1. The maximum atomic E-state index is 12.7. The molecule has 28 heavy (non-hydrogen) atoms. The molecule has 0 spiro atoms. The van der Waals surface area contributed by atoms with Gasteiger partial charge in [0.05, 0.1) is 12.1 Å². The van der Waals surface area contributed by atoms with Crippen molar-refractivity contribution in [1.82, 2.24) is 14.8 Å². The standard InChI is InChI=1S/C22H32N4O2/c1-15(2)13-23-21-19(22(27)25(4)5)12-17-8-10-26(11-9-20(17)24-21)14-18-7-6-16(3)28-18/h6-7,12,15H,8-11,13-14H2,1-5H3,(H,23,24). The number of carbonyl (C=O) groups is 1. The summed E-state index contributed by atoms with van der Waals surface area (Å²) in [6.45, 7) is 9.75. The lowest BCUT2D eigenvalue weighted by atomic mass is 10.0. The molecular formula is C22H32N4O2. The van der Waals surface area contributed by atoms with E-state index in [2.05, 4.69) is 24.1 Å². The lowest BCUT2D eigenvalue weighted by molar-refractivity contribution is 0.0828. The SMILES string of the molecule is Cc1ccc(CN2CCc3cc(C(=O)N(C)C)c(NCC(C)C)nc3CC2)o1. The van der Waals surface area contributed by atoms with E-state index < -0.39 is 0 Å². The average Bonchev–Trinajstić information content (AvgIpc) is 2.95. The van der Waals surface area contributed by atoms with E-state index in [0.29, 0.717) is 17.3 Å². The third-order valence-corrected chi connectivity index (χ3v) is 5.04. The predicted octanol–water partition coefficient (Wildman–Crippen LogP) is 3.35. The van der Waals surface area contributed by atoms with Crippen molar-refractivity contribution in [3.05, 3.63) is 46.5 Å². The molecule has 6 heteroatoms. The fourth-order valence-corrected chi connectivity index (χ4v) is 3.47. The van der Waals surface area contributed by atoms with Crippen LogP contribution in [0.5, 0.6) is 0 Å². The molecule has 2 aromatic heterocycles. The number of hydrogen-bond acceptors (Lipinski definition) is 5. The summed E-state index contributed by atoms with van der Waals surface area (Å²) in [4.78, 5) is 21.6. The molecule has 0 atom stereocenters. The molecule has 0 saturated carbocycles. The maximum Gasteiger partial charge on any atom is 0.257 e.